The maximum Gasteiger partial charge on any atom is 0.313 e. The first-order valence-corrected chi connectivity index (χ1v) is 11.7. The van der Waals surface area contributed by atoms with E-state index in [1.54, 1.807) is 4.90 Å². The number of piperidine rings is 1. The number of nitrogens with zero attached hydrogens (tertiary/aromatic N) is 1. The molecular formula is C27H23NO5S. The molecule has 0 N–H and O–H groups in total. The number of methoxy groups -OCH3 is 2. The fourth-order valence-corrected chi connectivity index (χ4v) is 7.52. The van der Waals surface area contributed by atoms with E-state index < -0.39 is 33.4 Å². The number of esters is 2. The molecule has 4 unspecified atom stereocenters. The van der Waals surface area contributed by atoms with Crippen molar-refractivity contribution in [3.8, 4) is 0 Å². The zero-order valence-corrected chi connectivity index (χ0v) is 19.5. The molecule has 3 aromatic rings. The van der Waals surface area contributed by atoms with E-state index in [2.05, 4.69) is 0 Å². The maximum absolute atomic E-state index is 14.5. The van der Waals surface area contributed by atoms with Crippen LogP contribution in [0.25, 0.3) is 0 Å². The lowest BCUT2D eigenvalue weighted by Gasteiger charge is -2.45. The number of ether oxygens (including phenoxy) is 2. The van der Waals surface area contributed by atoms with Crippen LogP contribution in [-0.4, -0.2) is 32.1 Å². The third-order valence-electron chi connectivity index (χ3n) is 6.68. The van der Waals surface area contributed by atoms with Crippen molar-refractivity contribution < 1.29 is 23.9 Å². The number of benzene rings is 3. The van der Waals surface area contributed by atoms with Crippen LogP contribution < -0.4 is 4.90 Å². The summed E-state index contributed by atoms with van der Waals surface area (Å²) in [4.78, 5) is 41.8. The second-order valence-corrected chi connectivity index (χ2v) is 9.71. The summed E-state index contributed by atoms with van der Waals surface area (Å²) in [5.74, 6) is -3.54. The van der Waals surface area contributed by atoms with Gasteiger partial charge >= 0.3 is 11.9 Å². The van der Waals surface area contributed by atoms with Crippen LogP contribution in [0.5, 0.6) is 0 Å². The number of amides is 1. The van der Waals surface area contributed by atoms with Gasteiger partial charge in [-0.3, -0.25) is 19.3 Å². The molecular weight excluding hydrogens is 450 g/mol. The second kappa shape index (κ2) is 8.33. The van der Waals surface area contributed by atoms with E-state index in [0.29, 0.717) is 11.3 Å². The molecule has 2 saturated heterocycles. The SMILES string of the molecule is COC(=O)C1C(C(=O)OC)C2(c3ccccc3)SC1(c1ccccc1)C(=O)N2c1ccccc1. The molecule has 0 aliphatic carbocycles. The zero-order valence-electron chi connectivity index (χ0n) is 18.7. The number of hydrogen-bond donors (Lipinski definition) is 0. The first-order chi connectivity index (χ1) is 16.5. The number of hydrogen-bond acceptors (Lipinski definition) is 6. The van der Waals surface area contributed by atoms with Crippen LogP contribution in [0.15, 0.2) is 91.0 Å². The van der Waals surface area contributed by atoms with Gasteiger partial charge in [-0.05, 0) is 23.3 Å². The number of para-hydroxylation sites is 1. The number of carbonyl (C=O) groups excluding carboxylic acids is 3. The van der Waals surface area contributed by atoms with Crippen LogP contribution in [0.3, 0.4) is 0 Å². The highest BCUT2D eigenvalue weighted by atomic mass is 32.2. The average molecular weight is 474 g/mol. The lowest BCUT2D eigenvalue weighted by molar-refractivity contribution is -0.163. The van der Waals surface area contributed by atoms with Crippen molar-refractivity contribution in [2.75, 3.05) is 19.1 Å². The average Bonchev–Trinajstić information content (AvgIpc) is 3.37. The van der Waals surface area contributed by atoms with Crippen molar-refractivity contribution in [1.29, 1.82) is 0 Å². The van der Waals surface area contributed by atoms with Crippen LogP contribution in [-0.2, 0) is 33.5 Å². The van der Waals surface area contributed by atoms with Crippen molar-refractivity contribution in [1.82, 2.24) is 0 Å². The van der Waals surface area contributed by atoms with Crippen molar-refractivity contribution in [2.24, 2.45) is 11.8 Å². The van der Waals surface area contributed by atoms with Crippen molar-refractivity contribution in [2.45, 2.75) is 9.62 Å². The number of rotatable bonds is 5. The van der Waals surface area contributed by atoms with Crippen LogP contribution in [0, 0.1) is 11.8 Å². The molecule has 34 heavy (non-hydrogen) atoms. The van der Waals surface area contributed by atoms with Crippen molar-refractivity contribution in [3.63, 3.8) is 0 Å². The molecule has 6 nitrogen and oxygen atoms in total. The van der Waals surface area contributed by atoms with Crippen LogP contribution in [0.4, 0.5) is 5.69 Å². The third kappa shape index (κ3) is 2.86. The Hall–Kier alpha value is -3.58. The Morgan fingerprint density at radius 2 is 1.21 bits per heavy atom. The van der Waals surface area contributed by atoms with E-state index in [1.807, 2.05) is 91.0 Å². The zero-order chi connectivity index (χ0) is 23.9. The Bertz CT molecular complexity index is 1240. The summed E-state index contributed by atoms with van der Waals surface area (Å²) in [6.45, 7) is 0. The molecule has 1 amide bonds. The van der Waals surface area contributed by atoms with Gasteiger partial charge in [0.1, 0.15) is 21.5 Å². The Morgan fingerprint density at radius 1 is 0.735 bits per heavy atom. The molecule has 2 heterocycles. The lowest BCUT2D eigenvalue weighted by Crippen LogP contribution is -2.61. The van der Waals surface area contributed by atoms with E-state index in [1.165, 1.54) is 26.0 Å². The second-order valence-electron chi connectivity index (χ2n) is 8.24. The van der Waals surface area contributed by atoms with E-state index in [0.717, 1.165) is 5.56 Å². The van der Waals surface area contributed by atoms with Crippen LogP contribution >= 0.6 is 11.8 Å². The highest BCUT2D eigenvalue weighted by Gasteiger charge is 2.80. The first-order valence-electron chi connectivity index (χ1n) is 10.9. The summed E-state index contributed by atoms with van der Waals surface area (Å²) >= 11 is 1.32. The monoisotopic (exact) mass is 473 g/mol. The van der Waals surface area contributed by atoms with Gasteiger partial charge < -0.3 is 9.47 Å². The fourth-order valence-electron chi connectivity index (χ4n) is 5.34. The molecule has 0 spiro atoms. The molecule has 2 aliphatic heterocycles. The van der Waals surface area contributed by atoms with E-state index in [9.17, 15) is 14.4 Å². The normalized spacial score (nSPS) is 27.5. The molecule has 172 valence electrons. The smallest absolute Gasteiger partial charge is 0.313 e. The Kier molecular flexibility index (Phi) is 5.44. The number of carbonyl (C=O) groups is 3. The van der Waals surface area contributed by atoms with Gasteiger partial charge in [0, 0.05) is 5.69 Å². The summed E-state index contributed by atoms with van der Waals surface area (Å²) in [7, 11) is 2.58. The van der Waals surface area contributed by atoms with Gasteiger partial charge in [0.25, 0.3) is 0 Å². The first kappa shape index (κ1) is 22.2. The number of thioether (sulfide) groups is 1. The highest BCUT2D eigenvalue weighted by Crippen LogP contribution is 2.74. The largest absolute Gasteiger partial charge is 0.469 e. The fraction of sp³-hybridized carbons (Fsp3) is 0.222. The maximum atomic E-state index is 14.5. The van der Waals surface area contributed by atoms with Gasteiger partial charge in [-0.2, -0.15) is 0 Å². The molecule has 2 bridgehead atoms. The van der Waals surface area contributed by atoms with E-state index in [4.69, 9.17) is 9.47 Å². The minimum Gasteiger partial charge on any atom is -0.469 e. The number of fused-ring (bicyclic) bond motifs is 2. The Labute approximate surface area is 201 Å². The minimum atomic E-state index is -1.38. The molecule has 2 fully saturated rings. The van der Waals surface area contributed by atoms with Gasteiger partial charge in [-0.15, -0.1) is 11.8 Å². The van der Waals surface area contributed by atoms with Crippen molar-refractivity contribution >= 4 is 35.3 Å². The molecule has 3 aromatic carbocycles. The van der Waals surface area contributed by atoms with E-state index >= 15 is 0 Å². The molecule has 7 heteroatoms. The quantitative estimate of drug-likeness (QED) is 0.520. The van der Waals surface area contributed by atoms with Gasteiger partial charge in [0.05, 0.1) is 14.2 Å². The van der Waals surface area contributed by atoms with Gasteiger partial charge in [0.15, 0.2) is 0 Å². The topological polar surface area (TPSA) is 72.9 Å². The molecule has 0 radical (unpaired) electrons. The van der Waals surface area contributed by atoms with Gasteiger partial charge in [0.2, 0.25) is 5.91 Å². The molecule has 5 rings (SSSR count). The summed E-state index contributed by atoms with van der Waals surface area (Å²) in [5.41, 5.74) is 2.02. The molecule has 2 aliphatic rings. The molecule has 0 saturated carbocycles. The minimum absolute atomic E-state index is 0.269. The predicted octanol–water partition coefficient (Wildman–Crippen LogP) is 4.11. The Balaban J connectivity index is 1.89. The lowest BCUT2D eigenvalue weighted by atomic mass is 9.68. The highest BCUT2D eigenvalue weighted by molar-refractivity contribution is 8.03. The standard InChI is InChI=1S/C27H23NO5S/c1-32-23(29)21-22(24(30)33-2)27(19-14-8-4-9-15-19)28(20-16-10-5-11-17-20)25(31)26(21,34-27)18-12-6-3-7-13-18/h3-17,21-22H,1-2H3. The van der Waals surface area contributed by atoms with Gasteiger partial charge in [-0.25, -0.2) is 0 Å². The van der Waals surface area contributed by atoms with Crippen molar-refractivity contribution in [3.05, 3.63) is 102 Å². The summed E-state index contributed by atoms with van der Waals surface area (Å²) < 4.78 is 9.08. The van der Waals surface area contributed by atoms with E-state index in [-0.39, 0.29) is 5.91 Å². The number of anilines is 1. The summed E-state index contributed by atoms with van der Waals surface area (Å²) in [5, 5.41) is 0. The molecule has 4 atom stereocenters. The predicted molar refractivity (Wildman–Crippen MR) is 129 cm³/mol. The Morgan fingerprint density at radius 3 is 1.74 bits per heavy atom. The van der Waals surface area contributed by atoms with Crippen LogP contribution in [0.1, 0.15) is 11.1 Å². The van der Waals surface area contributed by atoms with Gasteiger partial charge in [-0.1, -0.05) is 78.9 Å². The third-order valence-corrected chi connectivity index (χ3v) is 8.65. The summed E-state index contributed by atoms with van der Waals surface area (Å²) in [6, 6.07) is 27.7. The summed E-state index contributed by atoms with van der Waals surface area (Å²) in [6.07, 6.45) is 0. The van der Waals surface area contributed by atoms with Crippen LogP contribution in [0.2, 0.25) is 0 Å². The molecule has 0 aromatic heterocycles.